The monoisotopic (exact) mass is 474 g/mol. The second kappa shape index (κ2) is 9.23. The number of aromatic amines is 1. The van der Waals surface area contributed by atoms with Crippen molar-refractivity contribution in [1.82, 2.24) is 14.5 Å². The molecule has 168 valence electrons. The summed E-state index contributed by atoms with van der Waals surface area (Å²) in [5, 5.41) is 9.14. The highest BCUT2D eigenvalue weighted by Gasteiger charge is 2.34. The van der Waals surface area contributed by atoms with Crippen molar-refractivity contribution >= 4 is 33.0 Å². The lowest BCUT2D eigenvalue weighted by molar-refractivity contribution is -0.120. The molecule has 0 unspecified atom stereocenters. The van der Waals surface area contributed by atoms with Crippen molar-refractivity contribution in [2.24, 2.45) is 5.92 Å². The topological polar surface area (TPSA) is 121 Å². The zero-order valence-electron chi connectivity index (χ0n) is 17.3. The second-order valence-corrected chi connectivity index (χ2v) is 10.6. The van der Waals surface area contributed by atoms with Crippen molar-refractivity contribution in [3.8, 4) is 16.3 Å². The summed E-state index contributed by atoms with van der Waals surface area (Å²) in [6.45, 7) is 0.470. The van der Waals surface area contributed by atoms with Gasteiger partial charge in [0.2, 0.25) is 5.91 Å². The zero-order chi connectivity index (χ0) is 22.7. The van der Waals surface area contributed by atoms with Crippen LogP contribution in [0.3, 0.4) is 0 Å². The Morgan fingerprint density at radius 1 is 1.25 bits per heavy atom. The molecule has 32 heavy (non-hydrogen) atoms. The lowest BCUT2D eigenvalue weighted by Gasteiger charge is -2.30. The molecule has 2 aromatic heterocycles. The fourth-order valence-electron chi connectivity index (χ4n) is 3.53. The molecule has 1 aromatic carbocycles. The minimum atomic E-state index is -3.76. The summed E-state index contributed by atoms with van der Waals surface area (Å²) in [7, 11) is -2.21. The van der Waals surface area contributed by atoms with Crippen molar-refractivity contribution < 1.29 is 17.9 Å². The number of nitrogens with one attached hydrogen (secondary N) is 2. The summed E-state index contributed by atoms with van der Waals surface area (Å²) in [6.07, 6.45) is 1.20. The van der Waals surface area contributed by atoms with E-state index in [1.807, 2.05) is 0 Å². The minimum Gasteiger partial charge on any atom is -0.497 e. The molecule has 1 atom stereocenters. The van der Waals surface area contributed by atoms with Crippen LogP contribution in [0.25, 0.3) is 10.6 Å². The Hall–Kier alpha value is -3.02. The van der Waals surface area contributed by atoms with Gasteiger partial charge in [0.1, 0.15) is 15.7 Å². The molecule has 1 fully saturated rings. The molecular weight excluding hydrogens is 452 g/mol. The SMILES string of the molecule is COc1cccc(NC(=O)[C@H]2CCCN(S(=O)(=O)c3ccc(-c4ccc(=O)[nH]n4)s3)C2)c1. The van der Waals surface area contributed by atoms with Gasteiger partial charge in [-0.1, -0.05) is 6.07 Å². The van der Waals surface area contributed by atoms with Crippen molar-refractivity contribution in [3.05, 3.63) is 58.9 Å². The number of nitrogens with zero attached hydrogens (tertiary/aromatic N) is 2. The number of rotatable bonds is 6. The van der Waals surface area contributed by atoms with Gasteiger partial charge >= 0.3 is 0 Å². The Balaban J connectivity index is 1.48. The maximum atomic E-state index is 13.2. The van der Waals surface area contributed by atoms with Gasteiger partial charge in [-0.15, -0.1) is 11.3 Å². The Morgan fingerprint density at radius 2 is 2.09 bits per heavy atom. The van der Waals surface area contributed by atoms with E-state index >= 15 is 0 Å². The third-order valence-electron chi connectivity index (χ3n) is 5.20. The fourth-order valence-corrected chi connectivity index (χ4v) is 6.48. The Morgan fingerprint density at radius 3 is 2.84 bits per heavy atom. The zero-order valence-corrected chi connectivity index (χ0v) is 18.9. The molecule has 3 heterocycles. The molecule has 9 nitrogen and oxygen atoms in total. The Labute approximate surface area is 189 Å². The Kier molecular flexibility index (Phi) is 6.40. The summed E-state index contributed by atoms with van der Waals surface area (Å²) in [6, 6.07) is 13.1. The normalized spacial score (nSPS) is 17.1. The van der Waals surface area contributed by atoms with Crippen LogP contribution in [-0.4, -0.2) is 49.0 Å². The summed E-state index contributed by atoms with van der Waals surface area (Å²) < 4.78 is 33.1. The van der Waals surface area contributed by atoms with Gasteiger partial charge in [-0.05, 0) is 43.2 Å². The summed E-state index contributed by atoms with van der Waals surface area (Å²) >= 11 is 1.08. The summed E-state index contributed by atoms with van der Waals surface area (Å²) in [5.74, 6) is -0.0476. The molecule has 3 aromatic rings. The van der Waals surface area contributed by atoms with Crippen LogP contribution in [0.1, 0.15) is 12.8 Å². The van der Waals surface area contributed by atoms with Crippen LogP contribution < -0.4 is 15.6 Å². The molecule has 1 amide bonds. The van der Waals surface area contributed by atoms with E-state index in [-0.39, 0.29) is 22.2 Å². The number of carbonyl (C=O) groups is 1. The Bertz CT molecular complexity index is 1260. The van der Waals surface area contributed by atoms with E-state index in [1.54, 1.807) is 43.5 Å². The van der Waals surface area contributed by atoms with Gasteiger partial charge in [-0.3, -0.25) is 9.59 Å². The quantitative estimate of drug-likeness (QED) is 0.566. The van der Waals surface area contributed by atoms with E-state index in [2.05, 4.69) is 15.5 Å². The number of piperidine rings is 1. The lowest BCUT2D eigenvalue weighted by Crippen LogP contribution is -2.43. The van der Waals surface area contributed by atoms with Crippen LogP contribution in [0, 0.1) is 5.92 Å². The van der Waals surface area contributed by atoms with Crippen LogP contribution >= 0.6 is 11.3 Å². The molecule has 11 heteroatoms. The van der Waals surface area contributed by atoms with Crippen molar-refractivity contribution in [3.63, 3.8) is 0 Å². The smallest absolute Gasteiger partial charge is 0.264 e. The molecule has 2 N–H and O–H groups in total. The average molecular weight is 475 g/mol. The molecule has 0 saturated carbocycles. The molecule has 0 spiro atoms. The molecule has 1 aliphatic rings. The number of methoxy groups -OCH3 is 1. The van der Waals surface area contributed by atoms with Gasteiger partial charge in [0.25, 0.3) is 15.6 Å². The second-order valence-electron chi connectivity index (χ2n) is 7.35. The van der Waals surface area contributed by atoms with E-state index in [4.69, 9.17) is 4.74 Å². The van der Waals surface area contributed by atoms with E-state index in [9.17, 15) is 18.0 Å². The number of benzene rings is 1. The number of hydrogen-bond donors (Lipinski definition) is 2. The predicted molar refractivity (Wildman–Crippen MR) is 121 cm³/mol. The van der Waals surface area contributed by atoms with Crippen molar-refractivity contribution in [2.45, 2.75) is 17.1 Å². The van der Waals surface area contributed by atoms with E-state index in [1.165, 1.54) is 16.4 Å². The summed E-state index contributed by atoms with van der Waals surface area (Å²) in [4.78, 5) is 24.6. The molecule has 1 aliphatic heterocycles. The third-order valence-corrected chi connectivity index (χ3v) is 8.64. The van der Waals surface area contributed by atoms with Gasteiger partial charge in [0.05, 0.1) is 17.9 Å². The first-order valence-electron chi connectivity index (χ1n) is 9.98. The van der Waals surface area contributed by atoms with Crippen LogP contribution in [-0.2, 0) is 14.8 Å². The van der Waals surface area contributed by atoms with Crippen LogP contribution in [0.5, 0.6) is 5.75 Å². The average Bonchev–Trinajstić information content (AvgIpc) is 3.31. The highest BCUT2D eigenvalue weighted by atomic mass is 32.2. The number of anilines is 1. The molecular formula is C21H22N4O5S2. The van der Waals surface area contributed by atoms with Crippen molar-refractivity contribution in [1.29, 1.82) is 0 Å². The molecule has 0 radical (unpaired) electrons. The van der Waals surface area contributed by atoms with Gasteiger partial charge in [-0.2, -0.15) is 9.40 Å². The number of amides is 1. The maximum absolute atomic E-state index is 13.2. The number of thiophene rings is 1. The predicted octanol–water partition coefficient (Wildman–Crippen LogP) is 2.55. The number of hydrogen-bond acceptors (Lipinski definition) is 7. The molecule has 0 aliphatic carbocycles. The van der Waals surface area contributed by atoms with Crippen molar-refractivity contribution in [2.75, 3.05) is 25.5 Å². The largest absolute Gasteiger partial charge is 0.497 e. The van der Waals surface area contributed by atoms with Gasteiger partial charge in [-0.25, -0.2) is 13.5 Å². The highest BCUT2D eigenvalue weighted by Crippen LogP contribution is 2.33. The van der Waals surface area contributed by atoms with Gasteiger partial charge < -0.3 is 10.1 Å². The maximum Gasteiger partial charge on any atom is 0.264 e. The third kappa shape index (κ3) is 4.74. The highest BCUT2D eigenvalue weighted by molar-refractivity contribution is 7.91. The standard InChI is InChI=1S/C21H22N4O5S2/c1-30-16-6-2-5-15(12-16)22-21(27)14-4-3-11-25(13-14)32(28,29)20-10-8-18(31-20)17-7-9-19(26)24-23-17/h2,5-10,12,14H,3-4,11,13H2,1H3,(H,22,27)(H,24,26)/t14-/m0/s1. The van der Waals surface area contributed by atoms with Crippen LogP contribution in [0.2, 0.25) is 0 Å². The number of ether oxygens (including phenoxy) is 1. The number of sulfonamides is 1. The minimum absolute atomic E-state index is 0.113. The molecule has 1 saturated heterocycles. The fraction of sp³-hybridized carbons (Fsp3) is 0.286. The van der Waals surface area contributed by atoms with E-state index in [0.29, 0.717) is 41.4 Å². The number of H-pyrrole nitrogens is 1. The first-order chi connectivity index (χ1) is 15.4. The summed E-state index contributed by atoms with van der Waals surface area (Å²) in [5.41, 5.74) is 0.764. The van der Waals surface area contributed by atoms with Gasteiger partial charge in [0, 0.05) is 30.9 Å². The molecule has 0 bridgehead atoms. The van der Waals surface area contributed by atoms with E-state index < -0.39 is 15.9 Å². The van der Waals surface area contributed by atoms with Crippen LogP contribution in [0.15, 0.2) is 57.5 Å². The lowest BCUT2D eigenvalue weighted by atomic mass is 9.98. The number of carbonyl (C=O) groups excluding carboxylic acids is 1. The van der Waals surface area contributed by atoms with Gasteiger partial charge in [0.15, 0.2) is 0 Å². The number of aromatic nitrogens is 2. The van der Waals surface area contributed by atoms with Crippen LogP contribution in [0.4, 0.5) is 5.69 Å². The molecule has 4 rings (SSSR count). The van der Waals surface area contributed by atoms with E-state index in [0.717, 1.165) is 11.3 Å². The first-order valence-corrected chi connectivity index (χ1v) is 12.2. The first kappa shape index (κ1) is 22.2.